The maximum atomic E-state index is 13.7. The van der Waals surface area contributed by atoms with Crippen LogP contribution in [-0.2, 0) is 6.42 Å². The van der Waals surface area contributed by atoms with E-state index in [1.165, 1.54) is 0 Å². The molecule has 106 valence electrons. The summed E-state index contributed by atoms with van der Waals surface area (Å²) in [4.78, 5) is 0. The van der Waals surface area contributed by atoms with Crippen molar-refractivity contribution in [2.24, 2.45) is 17.6 Å². The van der Waals surface area contributed by atoms with Crippen LogP contribution in [-0.4, -0.2) is 5.54 Å². The summed E-state index contributed by atoms with van der Waals surface area (Å²) in [7, 11) is 0. The van der Waals surface area contributed by atoms with Crippen molar-refractivity contribution in [3.8, 4) is 0 Å². The molecule has 0 saturated heterocycles. The summed E-state index contributed by atoms with van der Waals surface area (Å²) >= 11 is 0. The first-order chi connectivity index (χ1) is 8.91. The lowest BCUT2D eigenvalue weighted by atomic mass is 9.71. The second-order valence-corrected chi connectivity index (χ2v) is 6.33. The molecule has 2 rings (SSSR count). The third kappa shape index (κ3) is 3.33. The molecule has 1 aliphatic carbocycles. The fourth-order valence-electron chi connectivity index (χ4n) is 3.12. The van der Waals surface area contributed by atoms with Crippen LogP contribution >= 0.6 is 0 Å². The van der Waals surface area contributed by atoms with Crippen molar-refractivity contribution in [1.82, 2.24) is 0 Å². The highest BCUT2D eigenvalue weighted by atomic mass is 19.2. The molecule has 19 heavy (non-hydrogen) atoms. The third-order valence-corrected chi connectivity index (χ3v) is 4.54. The molecule has 1 saturated carbocycles. The highest BCUT2D eigenvalue weighted by Gasteiger charge is 2.33. The first-order valence-corrected chi connectivity index (χ1v) is 7.13. The van der Waals surface area contributed by atoms with Crippen molar-refractivity contribution in [3.63, 3.8) is 0 Å². The van der Waals surface area contributed by atoms with Crippen molar-refractivity contribution >= 4 is 0 Å². The summed E-state index contributed by atoms with van der Waals surface area (Å²) in [6.07, 6.45) is 4.40. The molecular formula is C16H23F2N. The van der Waals surface area contributed by atoms with Crippen LogP contribution in [0.1, 0.15) is 45.1 Å². The van der Waals surface area contributed by atoms with Gasteiger partial charge in [-0.1, -0.05) is 26.0 Å². The Morgan fingerprint density at radius 3 is 2.47 bits per heavy atom. The molecule has 1 fully saturated rings. The molecule has 0 unspecified atom stereocenters. The van der Waals surface area contributed by atoms with Crippen molar-refractivity contribution in [3.05, 3.63) is 35.4 Å². The van der Waals surface area contributed by atoms with E-state index in [1.807, 2.05) is 0 Å². The maximum Gasteiger partial charge on any atom is 0.162 e. The van der Waals surface area contributed by atoms with Crippen LogP contribution in [0.4, 0.5) is 8.78 Å². The van der Waals surface area contributed by atoms with Crippen LogP contribution in [0.3, 0.4) is 0 Å². The van der Waals surface area contributed by atoms with E-state index in [1.54, 1.807) is 12.1 Å². The number of benzene rings is 1. The van der Waals surface area contributed by atoms with E-state index in [0.29, 0.717) is 23.8 Å². The fraction of sp³-hybridized carbons (Fsp3) is 0.625. The summed E-state index contributed by atoms with van der Waals surface area (Å²) in [5, 5.41) is 0. The van der Waals surface area contributed by atoms with Gasteiger partial charge in [-0.25, -0.2) is 8.78 Å². The van der Waals surface area contributed by atoms with Crippen LogP contribution in [0.25, 0.3) is 0 Å². The summed E-state index contributed by atoms with van der Waals surface area (Å²) in [5.41, 5.74) is 6.42. The molecule has 0 radical (unpaired) electrons. The molecule has 3 heteroatoms. The lowest BCUT2D eigenvalue weighted by Gasteiger charge is -2.38. The Morgan fingerprint density at radius 2 is 1.89 bits per heavy atom. The minimum atomic E-state index is -0.781. The molecule has 1 aromatic carbocycles. The van der Waals surface area contributed by atoms with Gasteiger partial charge < -0.3 is 5.73 Å². The van der Waals surface area contributed by atoms with Gasteiger partial charge in [0.1, 0.15) is 0 Å². The Labute approximate surface area is 114 Å². The minimum Gasteiger partial charge on any atom is -0.325 e. The zero-order valence-corrected chi connectivity index (χ0v) is 11.8. The standard InChI is InChI=1S/C16H23F2N/c1-11(2)12-6-8-16(19,9-7-12)10-13-4-3-5-14(17)15(13)18/h3-5,11-12H,6-10,19H2,1-2H3. The topological polar surface area (TPSA) is 26.0 Å². The number of hydrogen-bond donors (Lipinski definition) is 1. The summed E-state index contributed by atoms with van der Waals surface area (Å²) in [6, 6.07) is 4.34. The SMILES string of the molecule is CC(C)C1CCC(N)(Cc2cccc(F)c2F)CC1. The zero-order valence-electron chi connectivity index (χ0n) is 11.8. The molecule has 2 N–H and O–H groups in total. The number of halogens is 2. The Kier molecular flexibility index (Phi) is 4.24. The molecule has 0 heterocycles. The Morgan fingerprint density at radius 1 is 1.26 bits per heavy atom. The van der Waals surface area contributed by atoms with Gasteiger partial charge in [0.15, 0.2) is 11.6 Å². The molecule has 1 aromatic rings. The monoisotopic (exact) mass is 267 g/mol. The summed E-state index contributed by atoms with van der Waals surface area (Å²) in [6.45, 7) is 4.47. The Hall–Kier alpha value is -0.960. The molecule has 0 aliphatic heterocycles. The fourth-order valence-corrected chi connectivity index (χ4v) is 3.12. The highest BCUT2D eigenvalue weighted by Crippen LogP contribution is 2.36. The van der Waals surface area contributed by atoms with Crippen molar-refractivity contribution in [2.75, 3.05) is 0 Å². The molecule has 0 bridgehead atoms. The quantitative estimate of drug-likeness (QED) is 0.878. The number of hydrogen-bond acceptors (Lipinski definition) is 1. The van der Waals surface area contributed by atoms with Crippen LogP contribution in [0, 0.1) is 23.5 Å². The van der Waals surface area contributed by atoms with E-state index in [9.17, 15) is 8.78 Å². The average molecular weight is 267 g/mol. The summed E-state index contributed by atoms with van der Waals surface area (Å²) < 4.78 is 26.9. The predicted molar refractivity (Wildman–Crippen MR) is 73.8 cm³/mol. The molecule has 1 nitrogen and oxygen atoms in total. The van der Waals surface area contributed by atoms with Crippen LogP contribution in [0.2, 0.25) is 0 Å². The third-order valence-electron chi connectivity index (χ3n) is 4.54. The zero-order chi connectivity index (χ0) is 14.0. The second-order valence-electron chi connectivity index (χ2n) is 6.33. The van der Waals surface area contributed by atoms with E-state index in [-0.39, 0.29) is 5.54 Å². The normalized spacial score (nSPS) is 27.8. The average Bonchev–Trinajstić information content (AvgIpc) is 2.35. The van der Waals surface area contributed by atoms with Gasteiger partial charge in [-0.2, -0.15) is 0 Å². The maximum absolute atomic E-state index is 13.7. The second kappa shape index (κ2) is 5.58. The first-order valence-electron chi connectivity index (χ1n) is 7.13. The first kappa shape index (κ1) is 14.4. The molecule has 0 spiro atoms. The van der Waals surface area contributed by atoms with Crippen LogP contribution in [0.5, 0.6) is 0 Å². The van der Waals surface area contributed by atoms with Gasteiger partial charge in [-0.15, -0.1) is 0 Å². The number of nitrogens with two attached hydrogens (primary N) is 1. The highest BCUT2D eigenvalue weighted by molar-refractivity contribution is 5.21. The van der Waals surface area contributed by atoms with E-state index >= 15 is 0 Å². The van der Waals surface area contributed by atoms with Crippen molar-refractivity contribution < 1.29 is 8.78 Å². The van der Waals surface area contributed by atoms with Crippen molar-refractivity contribution in [1.29, 1.82) is 0 Å². The largest absolute Gasteiger partial charge is 0.325 e. The Balaban J connectivity index is 2.05. The summed E-state index contributed by atoms with van der Waals surface area (Å²) in [5.74, 6) is -0.125. The Bertz CT molecular complexity index is 434. The minimum absolute atomic E-state index is 0.375. The van der Waals surface area contributed by atoms with Gasteiger partial charge in [0.2, 0.25) is 0 Å². The van der Waals surface area contributed by atoms with Crippen molar-refractivity contribution in [2.45, 2.75) is 51.5 Å². The molecule has 1 aliphatic rings. The molecule has 0 amide bonds. The van der Waals surface area contributed by atoms with E-state index in [2.05, 4.69) is 13.8 Å². The lowest BCUT2D eigenvalue weighted by molar-refractivity contribution is 0.193. The molecule has 0 atom stereocenters. The van der Waals surface area contributed by atoms with Crippen LogP contribution < -0.4 is 5.73 Å². The van der Waals surface area contributed by atoms with Crippen LogP contribution in [0.15, 0.2) is 18.2 Å². The smallest absolute Gasteiger partial charge is 0.162 e. The number of rotatable bonds is 3. The predicted octanol–water partition coefficient (Wildman–Crippen LogP) is 4.05. The van der Waals surface area contributed by atoms with Gasteiger partial charge in [0.05, 0.1) is 0 Å². The van der Waals surface area contributed by atoms with E-state index in [0.717, 1.165) is 31.7 Å². The molecular weight excluding hydrogens is 244 g/mol. The van der Waals surface area contributed by atoms with Gasteiger partial charge >= 0.3 is 0 Å². The van der Waals surface area contributed by atoms with Gasteiger partial charge in [0, 0.05) is 5.54 Å². The van der Waals surface area contributed by atoms with Gasteiger partial charge in [0.25, 0.3) is 0 Å². The van der Waals surface area contributed by atoms with Gasteiger partial charge in [-0.05, 0) is 55.6 Å². The van der Waals surface area contributed by atoms with E-state index in [4.69, 9.17) is 5.73 Å². The van der Waals surface area contributed by atoms with E-state index < -0.39 is 11.6 Å². The lowest BCUT2D eigenvalue weighted by Crippen LogP contribution is -2.46. The van der Waals surface area contributed by atoms with Gasteiger partial charge in [-0.3, -0.25) is 0 Å². The molecule has 0 aromatic heterocycles.